The molecule has 1 rings (SSSR count). The second kappa shape index (κ2) is 7.30. The van der Waals surface area contributed by atoms with Crippen molar-refractivity contribution < 1.29 is 4.79 Å². The van der Waals surface area contributed by atoms with Crippen LogP contribution in [0, 0.1) is 0 Å². The summed E-state index contributed by atoms with van der Waals surface area (Å²) in [6, 6.07) is 5.51. The summed E-state index contributed by atoms with van der Waals surface area (Å²) in [7, 11) is 0. The largest absolute Gasteiger partial charge is 0.351 e. The lowest BCUT2D eigenvalue weighted by Crippen LogP contribution is -2.41. The molecule has 0 aromatic heterocycles. The van der Waals surface area contributed by atoms with E-state index in [0.717, 1.165) is 5.56 Å². The van der Waals surface area contributed by atoms with E-state index in [9.17, 15) is 4.79 Å². The molecule has 2 N–H and O–H groups in total. The Bertz CT molecular complexity index is 469. The van der Waals surface area contributed by atoms with Gasteiger partial charge in [-0.25, -0.2) is 0 Å². The van der Waals surface area contributed by atoms with E-state index in [2.05, 4.69) is 10.6 Å². The van der Waals surface area contributed by atoms with Crippen molar-refractivity contribution >= 4 is 29.1 Å². The SMILES string of the molecule is CC(NCCC(=O)NC(C)(C)C)c1ccc(Cl)cc1Cl. The minimum atomic E-state index is -0.192. The van der Waals surface area contributed by atoms with Gasteiger partial charge < -0.3 is 10.6 Å². The van der Waals surface area contributed by atoms with Crippen molar-refractivity contribution in [3.05, 3.63) is 33.8 Å². The fraction of sp³-hybridized carbons (Fsp3) is 0.533. The van der Waals surface area contributed by atoms with Gasteiger partial charge in [0.05, 0.1) is 0 Å². The van der Waals surface area contributed by atoms with Crippen molar-refractivity contribution in [2.75, 3.05) is 6.54 Å². The Hall–Kier alpha value is -0.770. The van der Waals surface area contributed by atoms with Crippen LogP contribution in [0.5, 0.6) is 0 Å². The van der Waals surface area contributed by atoms with E-state index >= 15 is 0 Å². The second-order valence-electron chi connectivity index (χ2n) is 5.89. The Morgan fingerprint density at radius 1 is 1.30 bits per heavy atom. The van der Waals surface area contributed by atoms with Gasteiger partial charge >= 0.3 is 0 Å². The Morgan fingerprint density at radius 2 is 1.95 bits per heavy atom. The number of hydrogen-bond donors (Lipinski definition) is 2. The van der Waals surface area contributed by atoms with Gasteiger partial charge in [0.1, 0.15) is 0 Å². The number of amides is 1. The molecule has 0 aliphatic carbocycles. The Labute approximate surface area is 131 Å². The summed E-state index contributed by atoms with van der Waals surface area (Å²) < 4.78 is 0. The molecule has 1 aromatic rings. The summed E-state index contributed by atoms with van der Waals surface area (Å²) in [5.41, 5.74) is 0.787. The summed E-state index contributed by atoms with van der Waals surface area (Å²) in [5, 5.41) is 7.47. The topological polar surface area (TPSA) is 41.1 Å². The molecule has 1 amide bonds. The number of hydrogen-bond acceptors (Lipinski definition) is 2. The van der Waals surface area contributed by atoms with Crippen molar-refractivity contribution in [3.8, 4) is 0 Å². The van der Waals surface area contributed by atoms with E-state index in [0.29, 0.717) is 23.0 Å². The smallest absolute Gasteiger partial charge is 0.221 e. The van der Waals surface area contributed by atoms with Crippen LogP contribution in [0.4, 0.5) is 0 Å². The molecular formula is C15H22Cl2N2O. The number of nitrogens with one attached hydrogen (secondary N) is 2. The minimum absolute atomic E-state index is 0.0411. The molecule has 1 atom stereocenters. The number of carbonyl (C=O) groups excluding carboxylic acids is 1. The van der Waals surface area contributed by atoms with Crippen molar-refractivity contribution in [3.63, 3.8) is 0 Å². The normalized spacial score (nSPS) is 13.1. The van der Waals surface area contributed by atoms with Crippen molar-refractivity contribution in [1.82, 2.24) is 10.6 Å². The molecule has 112 valence electrons. The fourth-order valence-corrected chi connectivity index (χ4v) is 2.42. The summed E-state index contributed by atoms with van der Waals surface area (Å²) in [5.74, 6) is 0.0411. The van der Waals surface area contributed by atoms with E-state index in [1.807, 2.05) is 39.8 Å². The zero-order valence-electron chi connectivity index (χ0n) is 12.4. The number of rotatable bonds is 5. The highest BCUT2D eigenvalue weighted by Gasteiger charge is 2.14. The van der Waals surface area contributed by atoms with E-state index in [1.54, 1.807) is 6.07 Å². The molecule has 0 aliphatic heterocycles. The van der Waals surface area contributed by atoms with E-state index in [1.165, 1.54) is 0 Å². The molecule has 0 fully saturated rings. The third-order valence-corrected chi connectivity index (χ3v) is 3.31. The predicted molar refractivity (Wildman–Crippen MR) is 85.4 cm³/mol. The molecule has 1 aromatic carbocycles. The molecule has 0 aliphatic rings. The molecule has 0 bridgehead atoms. The quantitative estimate of drug-likeness (QED) is 0.863. The molecule has 0 spiro atoms. The third kappa shape index (κ3) is 6.12. The molecule has 1 unspecified atom stereocenters. The number of benzene rings is 1. The van der Waals surface area contributed by atoms with Crippen LogP contribution in [0.1, 0.15) is 45.7 Å². The van der Waals surface area contributed by atoms with Gasteiger partial charge in [0.25, 0.3) is 0 Å². The zero-order chi connectivity index (χ0) is 15.3. The monoisotopic (exact) mass is 316 g/mol. The summed E-state index contributed by atoms with van der Waals surface area (Å²) in [6.07, 6.45) is 0.437. The summed E-state index contributed by atoms with van der Waals surface area (Å²) in [6.45, 7) is 8.51. The standard InChI is InChI=1S/C15H22Cl2N2O/c1-10(12-6-5-11(16)9-13(12)17)18-8-7-14(20)19-15(2,3)4/h5-6,9-10,18H,7-8H2,1-4H3,(H,19,20). The Morgan fingerprint density at radius 3 is 2.50 bits per heavy atom. The first-order valence-electron chi connectivity index (χ1n) is 6.68. The molecule has 0 saturated heterocycles. The first-order chi connectivity index (χ1) is 9.19. The van der Waals surface area contributed by atoms with Gasteiger partial charge in [-0.3, -0.25) is 4.79 Å². The van der Waals surface area contributed by atoms with Crippen LogP contribution >= 0.6 is 23.2 Å². The molecule has 5 heteroatoms. The maximum Gasteiger partial charge on any atom is 0.221 e. The Kier molecular flexibility index (Phi) is 6.31. The molecular weight excluding hydrogens is 295 g/mol. The number of halogens is 2. The van der Waals surface area contributed by atoms with Gasteiger partial charge in [-0.05, 0) is 45.4 Å². The predicted octanol–water partition coefficient (Wildman–Crippen LogP) is 3.95. The summed E-state index contributed by atoms with van der Waals surface area (Å²) in [4.78, 5) is 11.7. The fourth-order valence-electron chi connectivity index (χ4n) is 1.85. The van der Waals surface area contributed by atoms with Crippen LogP contribution in [0.2, 0.25) is 10.0 Å². The van der Waals surface area contributed by atoms with Gasteiger partial charge in [-0.1, -0.05) is 29.3 Å². The molecule has 0 saturated carbocycles. The van der Waals surface area contributed by atoms with Crippen LogP contribution in [0.25, 0.3) is 0 Å². The van der Waals surface area contributed by atoms with Gasteiger partial charge in [0, 0.05) is 34.6 Å². The van der Waals surface area contributed by atoms with E-state index in [4.69, 9.17) is 23.2 Å². The van der Waals surface area contributed by atoms with Crippen molar-refractivity contribution in [1.29, 1.82) is 0 Å². The first-order valence-corrected chi connectivity index (χ1v) is 7.44. The average Bonchev–Trinajstić information content (AvgIpc) is 2.25. The maximum atomic E-state index is 11.7. The summed E-state index contributed by atoms with van der Waals surface area (Å²) >= 11 is 12.0. The Balaban J connectivity index is 2.44. The lowest BCUT2D eigenvalue weighted by Gasteiger charge is -2.21. The molecule has 0 heterocycles. The van der Waals surface area contributed by atoms with Crippen molar-refractivity contribution in [2.45, 2.75) is 45.7 Å². The highest BCUT2D eigenvalue weighted by atomic mass is 35.5. The zero-order valence-corrected chi connectivity index (χ0v) is 13.9. The van der Waals surface area contributed by atoms with Crippen LogP contribution in [-0.2, 0) is 4.79 Å². The lowest BCUT2D eigenvalue weighted by atomic mass is 10.1. The number of carbonyl (C=O) groups is 1. The van der Waals surface area contributed by atoms with Gasteiger partial charge in [0.15, 0.2) is 0 Å². The highest BCUT2D eigenvalue weighted by Crippen LogP contribution is 2.25. The average molecular weight is 317 g/mol. The lowest BCUT2D eigenvalue weighted by molar-refractivity contribution is -0.122. The van der Waals surface area contributed by atoms with Gasteiger partial charge in [0.2, 0.25) is 5.91 Å². The third-order valence-electron chi connectivity index (χ3n) is 2.75. The molecule has 3 nitrogen and oxygen atoms in total. The molecule has 20 heavy (non-hydrogen) atoms. The van der Waals surface area contributed by atoms with Gasteiger partial charge in [-0.15, -0.1) is 0 Å². The van der Waals surface area contributed by atoms with Crippen LogP contribution < -0.4 is 10.6 Å². The van der Waals surface area contributed by atoms with Crippen LogP contribution in [-0.4, -0.2) is 18.0 Å². The minimum Gasteiger partial charge on any atom is -0.351 e. The van der Waals surface area contributed by atoms with Crippen molar-refractivity contribution in [2.24, 2.45) is 0 Å². The second-order valence-corrected chi connectivity index (χ2v) is 6.73. The maximum absolute atomic E-state index is 11.7. The van der Waals surface area contributed by atoms with E-state index < -0.39 is 0 Å². The van der Waals surface area contributed by atoms with Crippen LogP contribution in [0.3, 0.4) is 0 Å². The van der Waals surface area contributed by atoms with Gasteiger partial charge in [-0.2, -0.15) is 0 Å². The van der Waals surface area contributed by atoms with Crippen LogP contribution in [0.15, 0.2) is 18.2 Å². The van der Waals surface area contributed by atoms with E-state index in [-0.39, 0.29) is 17.5 Å². The first kappa shape index (κ1) is 17.3. The highest BCUT2D eigenvalue weighted by molar-refractivity contribution is 6.35. The molecule has 0 radical (unpaired) electrons.